The molecule has 35 heavy (non-hydrogen) atoms. The summed E-state index contributed by atoms with van der Waals surface area (Å²) in [6, 6.07) is 21.2. The quantitative estimate of drug-likeness (QED) is 0.368. The Morgan fingerprint density at radius 2 is 0.800 bits per heavy atom. The van der Waals surface area contributed by atoms with E-state index in [1.54, 1.807) is 0 Å². The lowest BCUT2D eigenvalue weighted by Gasteiger charge is -2.22. The fourth-order valence-corrected chi connectivity index (χ4v) is 3.58. The first-order valence-corrected chi connectivity index (χ1v) is 12.6. The van der Waals surface area contributed by atoms with Crippen molar-refractivity contribution >= 4 is 15.9 Å². The van der Waals surface area contributed by atoms with Crippen molar-refractivity contribution in [2.24, 2.45) is 0 Å². The second-order valence-corrected chi connectivity index (χ2v) is 11.6. The van der Waals surface area contributed by atoms with Crippen LogP contribution in [0.4, 0.5) is 0 Å². The highest BCUT2D eigenvalue weighted by Crippen LogP contribution is 2.31. The Balaban J connectivity index is 0.000000351. The van der Waals surface area contributed by atoms with Crippen LogP contribution < -0.4 is 0 Å². The van der Waals surface area contributed by atoms with E-state index in [0.717, 1.165) is 38.7 Å². The number of aryl methyl sites for hydroxylation is 1. The Hall–Kier alpha value is -3.12. The van der Waals surface area contributed by atoms with Gasteiger partial charge in [-0.3, -0.25) is 0 Å². The van der Waals surface area contributed by atoms with Gasteiger partial charge in [0.25, 0.3) is 0 Å². The van der Waals surface area contributed by atoms with Gasteiger partial charge in [0, 0.05) is 5.33 Å². The Morgan fingerprint density at radius 3 is 1.03 bits per heavy atom. The van der Waals surface area contributed by atoms with Crippen molar-refractivity contribution in [3.8, 4) is 24.3 Å². The summed E-state index contributed by atoms with van der Waals surface area (Å²) in [7, 11) is 0. The molecular weight excluding hydrogens is 496 g/mol. The molecule has 0 aliphatic rings. The largest absolute Gasteiger partial charge is 0.197 e. The zero-order valence-corrected chi connectivity index (χ0v) is 23.9. The highest BCUT2D eigenvalue weighted by molar-refractivity contribution is 9.08. The third-order valence-corrected chi connectivity index (χ3v) is 6.88. The average Bonchev–Trinajstić information content (AvgIpc) is 2.83. The number of rotatable bonds is 5. The van der Waals surface area contributed by atoms with E-state index in [1.807, 2.05) is 98.7 Å². The van der Waals surface area contributed by atoms with E-state index < -0.39 is 21.7 Å². The molecule has 0 bridgehead atoms. The first-order valence-electron chi connectivity index (χ1n) is 11.5. The maximum Gasteiger partial charge on any atom is 0.0766 e. The van der Waals surface area contributed by atoms with Gasteiger partial charge >= 0.3 is 0 Å². The van der Waals surface area contributed by atoms with Gasteiger partial charge in [0.05, 0.1) is 45.9 Å². The molecule has 0 radical (unpaired) electrons. The molecule has 0 heterocycles. The van der Waals surface area contributed by atoms with E-state index in [-0.39, 0.29) is 0 Å². The second-order valence-electron chi connectivity index (χ2n) is 11.1. The van der Waals surface area contributed by atoms with Crippen LogP contribution in [0.3, 0.4) is 0 Å². The molecule has 2 aromatic rings. The van der Waals surface area contributed by atoms with Crippen molar-refractivity contribution in [2.45, 2.75) is 89.3 Å². The van der Waals surface area contributed by atoms with E-state index in [4.69, 9.17) is 0 Å². The summed E-state index contributed by atoms with van der Waals surface area (Å²) in [5.41, 5.74) is 3.91. The Bertz CT molecular complexity index is 1150. The molecule has 2 rings (SSSR count). The number of halogens is 1. The van der Waals surface area contributed by atoms with E-state index in [2.05, 4.69) is 40.2 Å². The van der Waals surface area contributed by atoms with E-state index in [1.165, 1.54) is 0 Å². The van der Waals surface area contributed by atoms with Gasteiger partial charge in [-0.1, -0.05) is 57.9 Å². The molecule has 0 aliphatic heterocycles. The van der Waals surface area contributed by atoms with Crippen LogP contribution in [0.1, 0.15) is 88.8 Å². The van der Waals surface area contributed by atoms with Gasteiger partial charge in [-0.15, -0.1) is 0 Å². The summed E-state index contributed by atoms with van der Waals surface area (Å²) in [5, 5.41) is 37.5. The normalized spacial score (nSPS) is 11.7. The maximum atomic E-state index is 9.24. The van der Waals surface area contributed by atoms with Crippen LogP contribution in [0.5, 0.6) is 0 Å². The lowest BCUT2D eigenvalue weighted by Crippen LogP contribution is -2.19. The minimum absolute atomic E-state index is 0.522. The summed E-state index contributed by atoms with van der Waals surface area (Å²) in [5.74, 6) is 0. The van der Waals surface area contributed by atoms with Crippen LogP contribution in [-0.2, 0) is 27.0 Å². The highest BCUT2D eigenvalue weighted by Gasteiger charge is 2.27. The summed E-state index contributed by atoms with van der Waals surface area (Å²) < 4.78 is 0. The topological polar surface area (TPSA) is 95.2 Å². The Labute approximate surface area is 220 Å². The number of hydrogen-bond acceptors (Lipinski definition) is 4. The third kappa shape index (κ3) is 7.43. The van der Waals surface area contributed by atoms with Gasteiger partial charge in [0.2, 0.25) is 0 Å². The van der Waals surface area contributed by atoms with Crippen molar-refractivity contribution in [3.05, 3.63) is 69.8 Å². The van der Waals surface area contributed by atoms with Crippen molar-refractivity contribution in [2.75, 3.05) is 0 Å². The lowest BCUT2D eigenvalue weighted by atomic mass is 9.79. The van der Waals surface area contributed by atoms with E-state index in [0.29, 0.717) is 0 Å². The predicted molar refractivity (Wildman–Crippen MR) is 145 cm³/mol. The molecule has 0 fully saturated rings. The molecule has 0 N–H and O–H groups in total. The minimum atomic E-state index is -0.543. The standard InChI is InChI=1S/C15H17BrN2.C15H18N2/c1-14(2,9-17)12-5-11(8-16)6-13(7-12)15(3,4)10-18;1-11-6-12(14(2,3)9-16)8-13(7-11)15(4,5)10-17/h5-7H,8H2,1-4H3;6-8H,1-5H3. The second kappa shape index (κ2) is 11.1. The van der Waals surface area contributed by atoms with Gasteiger partial charge in [-0.2, -0.15) is 21.0 Å². The lowest BCUT2D eigenvalue weighted by molar-refractivity contribution is 0.660. The van der Waals surface area contributed by atoms with Gasteiger partial charge < -0.3 is 0 Å². The number of alkyl halides is 1. The zero-order valence-electron chi connectivity index (χ0n) is 22.3. The van der Waals surface area contributed by atoms with Gasteiger partial charge in [-0.05, 0) is 90.1 Å². The smallest absolute Gasteiger partial charge is 0.0766 e. The fraction of sp³-hybridized carbons (Fsp3) is 0.467. The van der Waals surface area contributed by atoms with E-state index in [9.17, 15) is 21.0 Å². The molecule has 0 aromatic heterocycles. The zero-order chi connectivity index (χ0) is 27.2. The fourth-order valence-electron chi connectivity index (χ4n) is 3.25. The SMILES string of the molecule is CC(C)(C#N)c1cc(CBr)cc(C(C)(C)C#N)c1.Cc1cc(C(C)(C)C#N)cc(C(C)(C)C#N)c1. The van der Waals surface area contributed by atoms with E-state index >= 15 is 0 Å². The molecule has 182 valence electrons. The monoisotopic (exact) mass is 530 g/mol. The average molecular weight is 532 g/mol. The van der Waals surface area contributed by atoms with Crippen LogP contribution in [0.25, 0.3) is 0 Å². The van der Waals surface area contributed by atoms with Crippen molar-refractivity contribution in [1.82, 2.24) is 0 Å². The Kier molecular flexibility index (Phi) is 9.47. The summed E-state index contributed by atoms with van der Waals surface area (Å²) in [6.45, 7) is 17.1. The number of hydrogen-bond donors (Lipinski definition) is 0. The Morgan fingerprint density at radius 1 is 0.543 bits per heavy atom. The van der Waals surface area contributed by atoms with Crippen molar-refractivity contribution in [3.63, 3.8) is 0 Å². The van der Waals surface area contributed by atoms with Crippen LogP contribution in [0.15, 0.2) is 36.4 Å². The van der Waals surface area contributed by atoms with Crippen LogP contribution >= 0.6 is 15.9 Å². The molecule has 2 aromatic carbocycles. The minimum Gasteiger partial charge on any atom is -0.197 e. The molecule has 4 nitrogen and oxygen atoms in total. The highest BCUT2D eigenvalue weighted by atomic mass is 79.9. The molecule has 0 saturated heterocycles. The van der Waals surface area contributed by atoms with Gasteiger partial charge in [-0.25, -0.2) is 0 Å². The maximum absolute atomic E-state index is 9.24. The third-order valence-electron chi connectivity index (χ3n) is 6.23. The van der Waals surface area contributed by atoms with Crippen LogP contribution in [0.2, 0.25) is 0 Å². The van der Waals surface area contributed by atoms with Crippen molar-refractivity contribution in [1.29, 1.82) is 21.0 Å². The molecular formula is C30H35BrN4. The number of benzene rings is 2. The van der Waals surface area contributed by atoms with Gasteiger partial charge in [0.1, 0.15) is 0 Å². The molecule has 0 aliphatic carbocycles. The van der Waals surface area contributed by atoms with Crippen molar-refractivity contribution < 1.29 is 0 Å². The molecule has 5 heteroatoms. The van der Waals surface area contributed by atoms with Crippen LogP contribution in [0, 0.1) is 52.2 Å². The number of nitriles is 4. The van der Waals surface area contributed by atoms with Gasteiger partial charge in [0.15, 0.2) is 0 Å². The summed E-state index contributed by atoms with van der Waals surface area (Å²) in [6.07, 6.45) is 0. The molecule has 0 atom stereocenters. The van der Waals surface area contributed by atoms with Crippen LogP contribution in [-0.4, -0.2) is 0 Å². The summed E-state index contributed by atoms with van der Waals surface area (Å²) in [4.78, 5) is 0. The predicted octanol–water partition coefficient (Wildman–Crippen LogP) is 7.78. The molecule has 0 amide bonds. The first kappa shape index (κ1) is 29.9. The summed E-state index contributed by atoms with van der Waals surface area (Å²) >= 11 is 3.44. The molecule has 0 spiro atoms. The first-order chi connectivity index (χ1) is 16.0. The number of nitrogens with zero attached hydrogens (tertiary/aromatic N) is 4. The molecule has 0 unspecified atom stereocenters. The molecule has 0 saturated carbocycles.